The second-order valence-corrected chi connectivity index (χ2v) is 14.1. The third kappa shape index (κ3) is 18.6. The van der Waals surface area contributed by atoms with E-state index in [-0.39, 0.29) is 0 Å². The molecule has 0 aliphatic rings. The molecule has 0 radical (unpaired) electrons. The lowest BCUT2D eigenvalue weighted by molar-refractivity contribution is 0.297. The van der Waals surface area contributed by atoms with Gasteiger partial charge in [-0.05, 0) is 24.6 Å². The molecule has 0 saturated heterocycles. The Morgan fingerprint density at radius 2 is 0.759 bits per heavy atom. The van der Waals surface area contributed by atoms with Crippen LogP contribution in [0, 0.1) is 0 Å². The van der Waals surface area contributed by atoms with E-state index in [9.17, 15) is 0 Å². The van der Waals surface area contributed by atoms with E-state index in [1.165, 1.54) is 140 Å². The van der Waals surface area contributed by atoms with Crippen molar-refractivity contribution in [2.75, 3.05) is 6.61 Å². The molecule has 0 rings (SSSR count). The Morgan fingerprint density at radius 3 is 1.07 bits per heavy atom. The van der Waals surface area contributed by atoms with Gasteiger partial charge in [-0.25, -0.2) is 0 Å². The Kier molecular flexibility index (Phi) is 23.0. The third-order valence-corrected chi connectivity index (χ3v) is 11.5. The second kappa shape index (κ2) is 22.9. The molecule has 0 spiro atoms. The number of unbranched alkanes of at least 4 members (excludes halogenated alkanes) is 17. The van der Waals surface area contributed by atoms with Crippen LogP contribution >= 0.6 is 0 Å². The van der Waals surface area contributed by atoms with E-state index >= 15 is 0 Å². The highest BCUT2D eigenvalue weighted by Gasteiger charge is 2.29. The van der Waals surface area contributed by atoms with Crippen molar-refractivity contribution >= 4 is 8.32 Å². The average molecular weight is 427 g/mol. The van der Waals surface area contributed by atoms with Gasteiger partial charge in [0.15, 0.2) is 8.32 Å². The first kappa shape index (κ1) is 29.2. The van der Waals surface area contributed by atoms with Gasteiger partial charge in [-0.15, -0.1) is 0 Å². The van der Waals surface area contributed by atoms with Crippen LogP contribution in [-0.2, 0) is 4.43 Å². The molecular formula is C27H58OSi. The smallest absolute Gasteiger partial charge is 0.192 e. The molecule has 29 heavy (non-hydrogen) atoms. The van der Waals surface area contributed by atoms with Gasteiger partial charge in [0, 0.05) is 6.61 Å². The van der Waals surface area contributed by atoms with Gasteiger partial charge in [-0.2, -0.15) is 0 Å². The Hall–Kier alpha value is 0.177. The van der Waals surface area contributed by atoms with Crippen LogP contribution in [0.1, 0.15) is 150 Å². The molecular weight excluding hydrogens is 368 g/mol. The van der Waals surface area contributed by atoms with E-state index < -0.39 is 8.32 Å². The first-order valence-electron chi connectivity index (χ1n) is 13.9. The van der Waals surface area contributed by atoms with Crippen molar-refractivity contribution in [3.63, 3.8) is 0 Å². The Balaban J connectivity index is 3.31. The van der Waals surface area contributed by atoms with E-state index in [4.69, 9.17) is 4.43 Å². The minimum Gasteiger partial charge on any atom is -0.417 e. The van der Waals surface area contributed by atoms with Crippen LogP contribution in [0.2, 0.25) is 18.1 Å². The van der Waals surface area contributed by atoms with Gasteiger partial charge in [0.2, 0.25) is 0 Å². The van der Waals surface area contributed by atoms with Crippen molar-refractivity contribution < 1.29 is 4.43 Å². The van der Waals surface area contributed by atoms with Gasteiger partial charge in [0.25, 0.3) is 0 Å². The lowest BCUT2D eigenvalue weighted by Crippen LogP contribution is -2.36. The molecule has 0 unspecified atom stereocenters. The number of hydrogen-bond acceptors (Lipinski definition) is 1. The lowest BCUT2D eigenvalue weighted by atomic mass is 10.0. The Bertz CT molecular complexity index is 301. The number of hydrogen-bond donors (Lipinski definition) is 0. The van der Waals surface area contributed by atoms with Gasteiger partial charge < -0.3 is 4.43 Å². The molecule has 176 valence electrons. The molecule has 0 atom stereocenters. The molecule has 0 heterocycles. The SMILES string of the molecule is CCCCCCCCCCCCCCCCCCCC[Si](CC)(CC)OCCC. The molecule has 0 saturated carbocycles. The van der Waals surface area contributed by atoms with E-state index in [1.807, 2.05) is 0 Å². The summed E-state index contributed by atoms with van der Waals surface area (Å²) in [6.07, 6.45) is 27.4. The summed E-state index contributed by atoms with van der Waals surface area (Å²) in [5.41, 5.74) is 0. The largest absolute Gasteiger partial charge is 0.417 e. The van der Waals surface area contributed by atoms with Crippen LogP contribution in [0.15, 0.2) is 0 Å². The maximum Gasteiger partial charge on any atom is 0.192 e. The fourth-order valence-corrected chi connectivity index (χ4v) is 7.84. The summed E-state index contributed by atoms with van der Waals surface area (Å²) in [6.45, 7) is 10.3. The van der Waals surface area contributed by atoms with Crippen LogP contribution in [-0.4, -0.2) is 14.9 Å². The van der Waals surface area contributed by atoms with E-state index in [0.29, 0.717) is 0 Å². The predicted octanol–water partition coefficient (Wildman–Crippen LogP) is 10.4. The molecule has 0 amide bonds. The quantitative estimate of drug-likeness (QED) is 0.110. The highest BCUT2D eigenvalue weighted by atomic mass is 28.4. The number of rotatable bonds is 24. The van der Waals surface area contributed by atoms with Crippen LogP contribution in [0.25, 0.3) is 0 Å². The summed E-state index contributed by atoms with van der Waals surface area (Å²) in [5.74, 6) is 0. The van der Waals surface area contributed by atoms with Gasteiger partial charge in [-0.3, -0.25) is 0 Å². The highest BCUT2D eigenvalue weighted by Crippen LogP contribution is 2.25. The van der Waals surface area contributed by atoms with Gasteiger partial charge in [0.05, 0.1) is 0 Å². The maximum atomic E-state index is 6.35. The minimum atomic E-state index is -1.38. The Labute approximate surface area is 187 Å². The maximum absolute atomic E-state index is 6.35. The van der Waals surface area contributed by atoms with Crippen LogP contribution < -0.4 is 0 Å². The molecule has 0 aliphatic heterocycles. The van der Waals surface area contributed by atoms with Crippen molar-refractivity contribution in [3.05, 3.63) is 0 Å². The predicted molar refractivity (Wildman–Crippen MR) is 137 cm³/mol. The molecule has 1 nitrogen and oxygen atoms in total. The summed E-state index contributed by atoms with van der Waals surface area (Å²) in [4.78, 5) is 0. The zero-order chi connectivity index (χ0) is 21.5. The molecule has 2 heteroatoms. The average Bonchev–Trinajstić information content (AvgIpc) is 2.75. The van der Waals surface area contributed by atoms with Gasteiger partial charge in [0.1, 0.15) is 0 Å². The summed E-state index contributed by atoms with van der Waals surface area (Å²) >= 11 is 0. The zero-order valence-corrected chi connectivity index (χ0v) is 22.2. The monoisotopic (exact) mass is 426 g/mol. The molecule has 0 bridgehead atoms. The van der Waals surface area contributed by atoms with Crippen LogP contribution in [0.3, 0.4) is 0 Å². The third-order valence-electron chi connectivity index (χ3n) is 6.89. The van der Waals surface area contributed by atoms with Crippen molar-refractivity contribution in [3.8, 4) is 0 Å². The second-order valence-electron chi connectivity index (χ2n) is 9.50. The zero-order valence-electron chi connectivity index (χ0n) is 21.2. The molecule has 0 aromatic carbocycles. The first-order valence-corrected chi connectivity index (χ1v) is 16.4. The summed E-state index contributed by atoms with van der Waals surface area (Å²) in [5, 5.41) is 0. The fourth-order valence-electron chi connectivity index (χ4n) is 4.55. The first-order chi connectivity index (χ1) is 14.2. The fraction of sp³-hybridized carbons (Fsp3) is 1.00. The van der Waals surface area contributed by atoms with Crippen LogP contribution in [0.4, 0.5) is 0 Å². The van der Waals surface area contributed by atoms with Crippen molar-refractivity contribution in [2.24, 2.45) is 0 Å². The topological polar surface area (TPSA) is 9.23 Å². The Morgan fingerprint density at radius 1 is 0.414 bits per heavy atom. The molecule has 0 aromatic heterocycles. The standard InChI is InChI=1S/C27H58OSi/c1-5-9-10-11-12-13-14-15-16-17-18-19-20-21-22-23-24-25-27-29(7-3,8-4)28-26-6-2/h5-27H2,1-4H3. The van der Waals surface area contributed by atoms with Gasteiger partial charge >= 0.3 is 0 Å². The summed E-state index contributed by atoms with van der Waals surface area (Å²) in [6, 6.07) is 4.02. The summed E-state index contributed by atoms with van der Waals surface area (Å²) < 4.78 is 6.35. The lowest BCUT2D eigenvalue weighted by Gasteiger charge is -2.29. The summed E-state index contributed by atoms with van der Waals surface area (Å²) in [7, 11) is -1.38. The van der Waals surface area contributed by atoms with E-state index in [0.717, 1.165) is 6.61 Å². The van der Waals surface area contributed by atoms with E-state index in [1.54, 1.807) is 0 Å². The van der Waals surface area contributed by atoms with E-state index in [2.05, 4.69) is 27.7 Å². The van der Waals surface area contributed by atoms with Crippen LogP contribution in [0.5, 0.6) is 0 Å². The van der Waals surface area contributed by atoms with Crippen molar-refractivity contribution in [2.45, 2.75) is 168 Å². The molecule has 0 aliphatic carbocycles. The molecule has 0 N–H and O–H groups in total. The van der Waals surface area contributed by atoms with Crippen molar-refractivity contribution in [1.29, 1.82) is 0 Å². The van der Waals surface area contributed by atoms with Crippen molar-refractivity contribution in [1.82, 2.24) is 0 Å². The molecule has 0 fully saturated rings. The molecule has 0 aromatic rings. The minimum absolute atomic E-state index is 0.993. The van der Waals surface area contributed by atoms with Gasteiger partial charge in [-0.1, -0.05) is 143 Å². The highest BCUT2D eigenvalue weighted by molar-refractivity contribution is 6.73. The normalized spacial score (nSPS) is 12.0.